The Kier molecular flexibility index (Phi) is 3.37. The van der Waals surface area contributed by atoms with Crippen LogP contribution in [0.3, 0.4) is 0 Å². The summed E-state index contributed by atoms with van der Waals surface area (Å²) in [7, 11) is 0. The first-order chi connectivity index (χ1) is 8.60. The first kappa shape index (κ1) is 12.2. The fourth-order valence-electron chi connectivity index (χ4n) is 1.48. The van der Waals surface area contributed by atoms with Crippen LogP contribution in [-0.4, -0.2) is 6.29 Å². The summed E-state index contributed by atoms with van der Waals surface area (Å²) in [5.74, 6) is -1.17. The largest absolute Gasteiger partial charge is 0.454 e. The van der Waals surface area contributed by atoms with Crippen LogP contribution in [0.1, 0.15) is 15.9 Å². The van der Waals surface area contributed by atoms with Crippen LogP contribution < -0.4 is 4.74 Å². The molecule has 0 N–H and O–H groups in total. The lowest BCUT2D eigenvalue weighted by Gasteiger charge is -2.09. The van der Waals surface area contributed by atoms with E-state index in [1.807, 2.05) is 0 Å². The third-order valence-corrected chi connectivity index (χ3v) is 2.46. The highest BCUT2D eigenvalue weighted by atomic mass is 19.1. The van der Waals surface area contributed by atoms with E-state index in [2.05, 4.69) is 0 Å². The lowest BCUT2D eigenvalue weighted by Crippen LogP contribution is -1.93. The van der Waals surface area contributed by atoms with Crippen LogP contribution in [0.25, 0.3) is 0 Å². The molecule has 2 rings (SSSR count). The van der Waals surface area contributed by atoms with Crippen molar-refractivity contribution in [2.45, 2.75) is 6.92 Å². The molecule has 2 aromatic carbocycles. The first-order valence-corrected chi connectivity index (χ1v) is 5.29. The number of aryl methyl sites for hydroxylation is 1. The molecule has 0 aliphatic rings. The summed E-state index contributed by atoms with van der Waals surface area (Å²) in [6, 6.07) is 7.89. The second kappa shape index (κ2) is 4.96. The molecule has 0 aliphatic carbocycles. The summed E-state index contributed by atoms with van der Waals surface area (Å²) in [6.45, 7) is 1.77. The lowest BCUT2D eigenvalue weighted by atomic mass is 10.1. The van der Waals surface area contributed by atoms with Gasteiger partial charge in [-0.15, -0.1) is 0 Å². The summed E-state index contributed by atoms with van der Waals surface area (Å²) >= 11 is 0. The highest BCUT2D eigenvalue weighted by Crippen LogP contribution is 2.28. The monoisotopic (exact) mass is 248 g/mol. The van der Waals surface area contributed by atoms with Crippen molar-refractivity contribution in [3.63, 3.8) is 0 Å². The predicted octanol–water partition coefficient (Wildman–Crippen LogP) is 3.88. The third-order valence-electron chi connectivity index (χ3n) is 2.46. The number of hydrogen-bond acceptors (Lipinski definition) is 2. The van der Waals surface area contributed by atoms with E-state index in [0.717, 1.165) is 17.7 Å². The number of rotatable bonds is 3. The molecule has 18 heavy (non-hydrogen) atoms. The van der Waals surface area contributed by atoms with Gasteiger partial charge in [0.05, 0.1) is 0 Å². The average molecular weight is 248 g/mol. The van der Waals surface area contributed by atoms with Gasteiger partial charge in [0, 0.05) is 11.6 Å². The average Bonchev–Trinajstić information content (AvgIpc) is 2.35. The highest BCUT2D eigenvalue weighted by molar-refractivity contribution is 5.75. The molecule has 0 aromatic heterocycles. The van der Waals surface area contributed by atoms with Gasteiger partial charge in [0.15, 0.2) is 11.6 Å². The Morgan fingerprint density at radius 2 is 1.83 bits per heavy atom. The minimum absolute atomic E-state index is 0.0810. The molecule has 0 spiro atoms. The summed E-state index contributed by atoms with van der Waals surface area (Å²) in [5, 5.41) is 0. The maximum Gasteiger partial charge on any atom is 0.168 e. The zero-order valence-electron chi connectivity index (χ0n) is 9.61. The van der Waals surface area contributed by atoms with Crippen LogP contribution in [0.5, 0.6) is 11.5 Å². The quantitative estimate of drug-likeness (QED) is 0.770. The van der Waals surface area contributed by atoms with Crippen molar-refractivity contribution in [3.8, 4) is 11.5 Å². The van der Waals surface area contributed by atoms with Crippen molar-refractivity contribution in [1.29, 1.82) is 0 Å². The molecule has 0 aliphatic heterocycles. The van der Waals surface area contributed by atoms with Gasteiger partial charge in [0.25, 0.3) is 0 Å². The molecular weight excluding hydrogens is 238 g/mol. The summed E-state index contributed by atoms with van der Waals surface area (Å²) in [5.41, 5.74) is 1.18. The molecule has 2 nitrogen and oxygen atoms in total. The molecule has 0 unspecified atom stereocenters. The van der Waals surface area contributed by atoms with E-state index in [0.29, 0.717) is 17.6 Å². The standard InChI is InChI=1S/C14H10F2O2/c1-9-2-3-10(8-17)6-14(9)18-13-5-4-11(15)7-12(13)16/h2-8H,1H3. The Bertz CT molecular complexity index is 594. The van der Waals surface area contributed by atoms with Crippen molar-refractivity contribution >= 4 is 6.29 Å². The van der Waals surface area contributed by atoms with E-state index in [-0.39, 0.29) is 5.75 Å². The zero-order valence-corrected chi connectivity index (χ0v) is 9.61. The van der Waals surface area contributed by atoms with Gasteiger partial charge in [0.1, 0.15) is 17.9 Å². The summed E-state index contributed by atoms with van der Waals surface area (Å²) < 4.78 is 31.5. The lowest BCUT2D eigenvalue weighted by molar-refractivity contribution is 0.112. The topological polar surface area (TPSA) is 26.3 Å². The Morgan fingerprint density at radius 1 is 1.06 bits per heavy atom. The van der Waals surface area contributed by atoms with Crippen LogP contribution in [0.15, 0.2) is 36.4 Å². The predicted molar refractivity (Wildman–Crippen MR) is 63.0 cm³/mol. The molecule has 0 fully saturated rings. The van der Waals surface area contributed by atoms with Crippen molar-refractivity contribution in [3.05, 3.63) is 59.2 Å². The SMILES string of the molecule is Cc1ccc(C=O)cc1Oc1ccc(F)cc1F. The van der Waals surface area contributed by atoms with Gasteiger partial charge >= 0.3 is 0 Å². The fraction of sp³-hybridized carbons (Fsp3) is 0.0714. The Hall–Kier alpha value is -2.23. The van der Waals surface area contributed by atoms with Crippen LogP contribution in [-0.2, 0) is 0 Å². The Morgan fingerprint density at radius 3 is 2.50 bits per heavy atom. The molecule has 0 radical (unpaired) electrons. The number of ether oxygens (including phenoxy) is 1. The highest BCUT2D eigenvalue weighted by Gasteiger charge is 2.08. The molecule has 92 valence electrons. The number of hydrogen-bond donors (Lipinski definition) is 0. The molecule has 0 saturated heterocycles. The van der Waals surface area contributed by atoms with E-state index in [9.17, 15) is 13.6 Å². The minimum Gasteiger partial charge on any atom is -0.454 e. The Balaban J connectivity index is 2.36. The van der Waals surface area contributed by atoms with Crippen molar-refractivity contribution in [2.24, 2.45) is 0 Å². The second-order valence-corrected chi connectivity index (χ2v) is 3.82. The van der Waals surface area contributed by atoms with Gasteiger partial charge in [-0.3, -0.25) is 4.79 Å². The summed E-state index contributed by atoms with van der Waals surface area (Å²) in [6.07, 6.45) is 0.674. The van der Waals surface area contributed by atoms with Crippen molar-refractivity contribution in [2.75, 3.05) is 0 Å². The molecule has 0 heterocycles. The number of aldehydes is 1. The van der Waals surface area contributed by atoms with E-state index < -0.39 is 11.6 Å². The number of carbonyl (C=O) groups excluding carboxylic acids is 1. The molecule has 0 bridgehead atoms. The zero-order chi connectivity index (χ0) is 13.1. The molecule has 0 atom stereocenters. The maximum atomic E-state index is 13.4. The first-order valence-electron chi connectivity index (χ1n) is 5.29. The molecule has 2 aromatic rings. The van der Waals surface area contributed by atoms with Gasteiger partial charge in [-0.05, 0) is 30.7 Å². The van der Waals surface area contributed by atoms with Gasteiger partial charge in [-0.2, -0.15) is 0 Å². The van der Waals surface area contributed by atoms with Gasteiger partial charge in [-0.1, -0.05) is 12.1 Å². The molecule has 0 saturated carbocycles. The van der Waals surface area contributed by atoms with Gasteiger partial charge in [-0.25, -0.2) is 8.78 Å². The minimum atomic E-state index is -0.786. The Labute approximate surface area is 103 Å². The molecule has 0 amide bonds. The van der Waals surface area contributed by atoms with E-state index in [1.165, 1.54) is 12.1 Å². The van der Waals surface area contributed by atoms with E-state index >= 15 is 0 Å². The van der Waals surface area contributed by atoms with Crippen LogP contribution in [0, 0.1) is 18.6 Å². The smallest absolute Gasteiger partial charge is 0.168 e. The van der Waals surface area contributed by atoms with Crippen LogP contribution >= 0.6 is 0 Å². The van der Waals surface area contributed by atoms with Crippen LogP contribution in [0.2, 0.25) is 0 Å². The van der Waals surface area contributed by atoms with Gasteiger partial charge in [0.2, 0.25) is 0 Å². The number of halogens is 2. The van der Waals surface area contributed by atoms with Crippen molar-refractivity contribution < 1.29 is 18.3 Å². The second-order valence-electron chi connectivity index (χ2n) is 3.82. The third kappa shape index (κ3) is 2.53. The fourth-order valence-corrected chi connectivity index (χ4v) is 1.48. The maximum absolute atomic E-state index is 13.4. The van der Waals surface area contributed by atoms with Gasteiger partial charge < -0.3 is 4.74 Å². The molecular formula is C14H10F2O2. The molecule has 4 heteroatoms. The normalized spacial score (nSPS) is 10.2. The van der Waals surface area contributed by atoms with E-state index in [1.54, 1.807) is 19.1 Å². The van der Waals surface area contributed by atoms with Crippen molar-refractivity contribution in [1.82, 2.24) is 0 Å². The van der Waals surface area contributed by atoms with Crippen LogP contribution in [0.4, 0.5) is 8.78 Å². The number of carbonyl (C=O) groups is 1. The van der Waals surface area contributed by atoms with E-state index in [4.69, 9.17) is 4.74 Å². The number of benzene rings is 2. The summed E-state index contributed by atoms with van der Waals surface area (Å²) in [4.78, 5) is 10.7.